The fourth-order valence-electron chi connectivity index (χ4n) is 2.93. The van der Waals surface area contributed by atoms with Gasteiger partial charge in [0.05, 0.1) is 10.0 Å². The predicted octanol–water partition coefficient (Wildman–Crippen LogP) is 5.27. The summed E-state index contributed by atoms with van der Waals surface area (Å²) >= 11 is 12.1. The number of carbonyl (C=O) groups is 2. The Morgan fingerprint density at radius 1 is 1.00 bits per heavy atom. The number of aryl methyl sites for hydroxylation is 1. The molecule has 31 heavy (non-hydrogen) atoms. The first-order valence-corrected chi connectivity index (χ1v) is 11.3. The van der Waals surface area contributed by atoms with Gasteiger partial charge in [-0.1, -0.05) is 55.2 Å². The van der Waals surface area contributed by atoms with E-state index in [1.165, 1.54) is 10.5 Å². The lowest BCUT2D eigenvalue weighted by Crippen LogP contribution is -2.50. The van der Waals surface area contributed by atoms with E-state index in [1.807, 2.05) is 38.1 Å². The van der Waals surface area contributed by atoms with Crippen LogP contribution in [0.25, 0.3) is 0 Å². The van der Waals surface area contributed by atoms with E-state index in [0.717, 1.165) is 18.4 Å². The SMILES string of the molecule is CCc1ccc(OCC(=O)N(Cc2ccc(Cl)c(Cl)c2)C(C)C(=O)NC(C)CC)cc1. The molecule has 2 aromatic carbocycles. The number of nitrogens with zero attached hydrogens (tertiary/aromatic N) is 1. The summed E-state index contributed by atoms with van der Waals surface area (Å²) in [4.78, 5) is 27.3. The molecule has 0 heterocycles. The van der Waals surface area contributed by atoms with Crippen LogP contribution < -0.4 is 10.1 Å². The Kier molecular flexibility index (Phi) is 9.66. The van der Waals surface area contributed by atoms with Crippen molar-refractivity contribution in [3.05, 3.63) is 63.6 Å². The van der Waals surface area contributed by atoms with Crippen molar-refractivity contribution in [2.45, 2.75) is 59.2 Å². The minimum absolute atomic E-state index is 0.0187. The minimum atomic E-state index is -0.679. The largest absolute Gasteiger partial charge is 0.484 e. The smallest absolute Gasteiger partial charge is 0.261 e. The van der Waals surface area contributed by atoms with Gasteiger partial charge in [-0.25, -0.2) is 0 Å². The van der Waals surface area contributed by atoms with Gasteiger partial charge in [0.15, 0.2) is 6.61 Å². The van der Waals surface area contributed by atoms with Crippen molar-refractivity contribution in [3.8, 4) is 5.75 Å². The normalized spacial score (nSPS) is 12.7. The maximum atomic E-state index is 13.1. The van der Waals surface area contributed by atoms with Crippen LogP contribution in [0.15, 0.2) is 42.5 Å². The number of halogens is 2. The topological polar surface area (TPSA) is 58.6 Å². The average molecular weight is 465 g/mol. The summed E-state index contributed by atoms with van der Waals surface area (Å²) in [6.45, 7) is 7.75. The van der Waals surface area contributed by atoms with Gasteiger partial charge in [0, 0.05) is 12.6 Å². The third kappa shape index (κ3) is 7.44. The molecule has 2 unspecified atom stereocenters. The summed E-state index contributed by atoms with van der Waals surface area (Å²) in [5, 5.41) is 3.77. The first kappa shape index (κ1) is 25.0. The van der Waals surface area contributed by atoms with E-state index in [4.69, 9.17) is 27.9 Å². The zero-order valence-electron chi connectivity index (χ0n) is 18.5. The molecule has 0 saturated heterocycles. The van der Waals surface area contributed by atoms with Crippen LogP contribution in [-0.4, -0.2) is 35.4 Å². The highest BCUT2D eigenvalue weighted by Crippen LogP contribution is 2.24. The lowest BCUT2D eigenvalue weighted by atomic mass is 10.1. The zero-order chi connectivity index (χ0) is 23.0. The van der Waals surface area contributed by atoms with E-state index in [1.54, 1.807) is 25.1 Å². The molecule has 2 amide bonds. The molecule has 0 aliphatic heterocycles. The highest BCUT2D eigenvalue weighted by molar-refractivity contribution is 6.42. The number of ether oxygens (including phenoxy) is 1. The molecular weight excluding hydrogens is 435 g/mol. The van der Waals surface area contributed by atoms with E-state index in [0.29, 0.717) is 15.8 Å². The fourth-order valence-corrected chi connectivity index (χ4v) is 3.25. The maximum absolute atomic E-state index is 13.1. The lowest BCUT2D eigenvalue weighted by Gasteiger charge is -2.29. The summed E-state index contributed by atoms with van der Waals surface area (Å²) < 4.78 is 5.69. The van der Waals surface area contributed by atoms with Crippen LogP contribution in [0.3, 0.4) is 0 Å². The summed E-state index contributed by atoms with van der Waals surface area (Å²) in [6.07, 6.45) is 1.73. The number of nitrogens with one attached hydrogen (secondary N) is 1. The lowest BCUT2D eigenvalue weighted by molar-refractivity contribution is -0.142. The van der Waals surface area contributed by atoms with Crippen LogP contribution >= 0.6 is 23.2 Å². The van der Waals surface area contributed by atoms with Crippen molar-refractivity contribution in [1.82, 2.24) is 10.2 Å². The summed E-state index contributed by atoms with van der Waals surface area (Å²) in [5.74, 6) is 0.101. The van der Waals surface area contributed by atoms with E-state index >= 15 is 0 Å². The van der Waals surface area contributed by atoms with Gasteiger partial charge in [-0.2, -0.15) is 0 Å². The number of amides is 2. The van der Waals surface area contributed by atoms with Gasteiger partial charge in [0.1, 0.15) is 11.8 Å². The Balaban J connectivity index is 2.16. The number of hydrogen-bond donors (Lipinski definition) is 1. The van der Waals surface area contributed by atoms with E-state index in [-0.39, 0.29) is 31.0 Å². The highest BCUT2D eigenvalue weighted by Gasteiger charge is 2.27. The first-order valence-electron chi connectivity index (χ1n) is 10.5. The molecule has 0 radical (unpaired) electrons. The minimum Gasteiger partial charge on any atom is -0.484 e. The summed E-state index contributed by atoms with van der Waals surface area (Å²) in [7, 11) is 0. The highest BCUT2D eigenvalue weighted by atomic mass is 35.5. The average Bonchev–Trinajstić information content (AvgIpc) is 2.77. The quantitative estimate of drug-likeness (QED) is 0.520. The van der Waals surface area contributed by atoms with Crippen molar-refractivity contribution >= 4 is 35.0 Å². The molecule has 0 fully saturated rings. The van der Waals surface area contributed by atoms with Crippen LogP contribution in [0.5, 0.6) is 5.75 Å². The van der Waals surface area contributed by atoms with E-state index in [2.05, 4.69) is 12.2 Å². The standard InChI is InChI=1S/C24H30Cl2N2O3/c1-5-16(3)27-24(30)17(4)28(14-19-9-12-21(25)22(26)13-19)23(29)15-31-20-10-7-18(6-2)8-11-20/h7-13,16-17H,5-6,14-15H2,1-4H3,(H,27,30). The molecule has 0 aromatic heterocycles. The van der Waals surface area contributed by atoms with Crippen molar-refractivity contribution in [2.75, 3.05) is 6.61 Å². The van der Waals surface area contributed by atoms with Gasteiger partial charge < -0.3 is 15.0 Å². The molecule has 0 saturated carbocycles. The van der Waals surface area contributed by atoms with E-state index in [9.17, 15) is 9.59 Å². The van der Waals surface area contributed by atoms with Crippen molar-refractivity contribution in [2.24, 2.45) is 0 Å². The van der Waals surface area contributed by atoms with Crippen LogP contribution in [-0.2, 0) is 22.6 Å². The number of rotatable bonds is 10. The van der Waals surface area contributed by atoms with Crippen molar-refractivity contribution in [1.29, 1.82) is 0 Å². The second-order valence-corrected chi connectivity index (χ2v) is 8.36. The van der Waals surface area contributed by atoms with Gasteiger partial charge in [-0.3, -0.25) is 9.59 Å². The molecule has 0 spiro atoms. The Bertz CT molecular complexity index is 887. The molecule has 7 heteroatoms. The van der Waals surface area contributed by atoms with Crippen molar-refractivity contribution < 1.29 is 14.3 Å². The Morgan fingerprint density at radius 2 is 1.65 bits per heavy atom. The third-order valence-corrected chi connectivity index (χ3v) is 5.94. The second-order valence-electron chi connectivity index (χ2n) is 7.55. The molecule has 168 valence electrons. The fraction of sp³-hybridized carbons (Fsp3) is 0.417. The van der Waals surface area contributed by atoms with Gasteiger partial charge in [-0.15, -0.1) is 0 Å². The molecule has 0 aliphatic carbocycles. The van der Waals surface area contributed by atoms with Crippen LogP contribution in [0.1, 0.15) is 45.2 Å². The van der Waals surface area contributed by atoms with Gasteiger partial charge in [0.25, 0.3) is 5.91 Å². The Labute approximate surface area is 194 Å². The van der Waals surface area contributed by atoms with Crippen molar-refractivity contribution in [3.63, 3.8) is 0 Å². The summed E-state index contributed by atoms with van der Waals surface area (Å²) in [6, 6.07) is 12.1. The number of carbonyl (C=O) groups excluding carboxylic acids is 2. The predicted molar refractivity (Wildman–Crippen MR) is 126 cm³/mol. The maximum Gasteiger partial charge on any atom is 0.261 e. The molecule has 2 aromatic rings. The molecule has 2 rings (SSSR count). The number of hydrogen-bond acceptors (Lipinski definition) is 3. The Morgan fingerprint density at radius 3 is 2.23 bits per heavy atom. The van der Waals surface area contributed by atoms with E-state index < -0.39 is 6.04 Å². The molecule has 5 nitrogen and oxygen atoms in total. The van der Waals surface area contributed by atoms with Crippen LogP contribution in [0.2, 0.25) is 10.0 Å². The third-order valence-electron chi connectivity index (χ3n) is 5.20. The molecule has 2 atom stereocenters. The summed E-state index contributed by atoms with van der Waals surface area (Å²) in [5.41, 5.74) is 1.97. The monoisotopic (exact) mass is 464 g/mol. The van der Waals surface area contributed by atoms with Crippen LogP contribution in [0, 0.1) is 0 Å². The second kappa shape index (κ2) is 12.0. The van der Waals surface area contributed by atoms with Gasteiger partial charge in [-0.05, 0) is 62.1 Å². The molecule has 0 aliphatic rings. The van der Waals surface area contributed by atoms with Crippen LogP contribution in [0.4, 0.5) is 0 Å². The molecule has 0 bridgehead atoms. The first-order chi connectivity index (χ1) is 14.7. The molecular formula is C24H30Cl2N2O3. The zero-order valence-corrected chi connectivity index (χ0v) is 20.0. The molecule has 1 N–H and O–H groups in total. The Hall–Kier alpha value is -2.24. The van der Waals surface area contributed by atoms with Gasteiger partial charge in [0.2, 0.25) is 5.91 Å². The van der Waals surface area contributed by atoms with Gasteiger partial charge >= 0.3 is 0 Å². The number of benzene rings is 2.